The lowest BCUT2D eigenvalue weighted by Crippen LogP contribution is -2.23. The molecule has 154 valence electrons. The molecule has 31 heavy (non-hydrogen) atoms. The summed E-state index contributed by atoms with van der Waals surface area (Å²) < 4.78 is 2.55. The number of aromatic nitrogens is 4. The quantitative estimate of drug-likeness (QED) is 0.516. The number of anilines is 1. The predicted octanol–water partition coefficient (Wildman–Crippen LogP) is 3.14. The van der Waals surface area contributed by atoms with Crippen molar-refractivity contribution in [2.75, 3.05) is 5.73 Å². The van der Waals surface area contributed by atoms with Gasteiger partial charge in [-0.1, -0.05) is 32.9 Å². The number of carbonyl (C=O) groups is 1. The largest absolute Gasteiger partial charge is 0.381 e. The van der Waals surface area contributed by atoms with E-state index >= 15 is 0 Å². The number of hydrogen-bond acceptors (Lipinski definition) is 6. The molecule has 0 fully saturated rings. The van der Waals surface area contributed by atoms with E-state index in [2.05, 4.69) is 31.0 Å². The number of rotatable bonds is 3. The van der Waals surface area contributed by atoms with Crippen molar-refractivity contribution in [3.8, 4) is 17.4 Å². The lowest BCUT2D eigenvalue weighted by molar-refractivity contribution is 0.112. The van der Waals surface area contributed by atoms with E-state index < -0.39 is 0 Å². The highest BCUT2D eigenvalue weighted by Crippen LogP contribution is 2.26. The number of nitrogen functional groups attached to an aromatic ring is 1. The third-order valence-electron chi connectivity index (χ3n) is 5.17. The third-order valence-corrected chi connectivity index (χ3v) is 5.17. The molecule has 0 aliphatic carbocycles. The molecule has 0 saturated heterocycles. The van der Waals surface area contributed by atoms with Crippen LogP contribution in [0, 0.1) is 11.3 Å². The first-order valence-electron chi connectivity index (χ1n) is 9.61. The minimum Gasteiger partial charge on any atom is -0.381 e. The van der Waals surface area contributed by atoms with E-state index in [1.54, 1.807) is 30.5 Å². The van der Waals surface area contributed by atoms with E-state index in [1.807, 2.05) is 18.2 Å². The number of carbonyl (C=O) groups excluding carboxylic acids is 1. The molecular formula is C23H20N6O2. The summed E-state index contributed by atoms with van der Waals surface area (Å²) in [6.07, 6.45) is 3.69. The second kappa shape index (κ2) is 7.22. The van der Waals surface area contributed by atoms with E-state index in [-0.39, 0.29) is 27.9 Å². The predicted molar refractivity (Wildman–Crippen MR) is 118 cm³/mol. The minimum absolute atomic E-state index is 0.0559. The van der Waals surface area contributed by atoms with Gasteiger partial charge in [0.25, 0.3) is 5.56 Å². The van der Waals surface area contributed by atoms with Crippen LogP contribution in [0.4, 0.5) is 5.82 Å². The first-order valence-corrected chi connectivity index (χ1v) is 9.61. The first-order chi connectivity index (χ1) is 14.7. The SMILES string of the molecule is CC(C)(C)c1ccc2c(=O)n(-c3cccc(-n4cc(C#N)c(N)n4)c3C=O)ncc2c1. The number of fused-ring (bicyclic) bond motifs is 1. The fourth-order valence-electron chi connectivity index (χ4n) is 3.43. The molecule has 2 aromatic heterocycles. The molecular weight excluding hydrogens is 392 g/mol. The van der Waals surface area contributed by atoms with Gasteiger partial charge in [-0.05, 0) is 35.2 Å². The minimum atomic E-state index is -0.337. The molecule has 4 aromatic rings. The molecule has 0 radical (unpaired) electrons. The third kappa shape index (κ3) is 3.36. The van der Waals surface area contributed by atoms with E-state index in [0.717, 1.165) is 10.9 Å². The molecule has 0 atom stereocenters. The molecule has 0 aliphatic heterocycles. The van der Waals surface area contributed by atoms with Crippen LogP contribution in [0.15, 0.2) is 53.6 Å². The highest BCUT2D eigenvalue weighted by Gasteiger charge is 2.18. The average molecular weight is 412 g/mol. The number of aldehydes is 1. The molecule has 4 rings (SSSR count). The van der Waals surface area contributed by atoms with Gasteiger partial charge in [0.2, 0.25) is 0 Å². The molecule has 0 amide bonds. The van der Waals surface area contributed by atoms with Crippen LogP contribution in [0.25, 0.3) is 22.1 Å². The Morgan fingerprint density at radius 3 is 2.55 bits per heavy atom. The maximum absolute atomic E-state index is 13.2. The van der Waals surface area contributed by atoms with Crippen LogP contribution in [-0.2, 0) is 5.41 Å². The number of hydrogen-bond donors (Lipinski definition) is 1. The lowest BCUT2D eigenvalue weighted by atomic mass is 9.86. The summed E-state index contributed by atoms with van der Waals surface area (Å²) in [4.78, 5) is 25.2. The van der Waals surface area contributed by atoms with Gasteiger partial charge in [-0.25, -0.2) is 4.68 Å². The Bertz CT molecular complexity index is 1430. The Balaban J connectivity index is 1.92. The van der Waals surface area contributed by atoms with Crippen molar-refractivity contribution in [2.45, 2.75) is 26.2 Å². The van der Waals surface area contributed by atoms with Crippen molar-refractivity contribution >= 4 is 22.9 Å². The average Bonchev–Trinajstić information content (AvgIpc) is 3.13. The standard InChI is InChI=1S/C23H20N6O2/c1-23(2,3)16-7-8-17-14(9-16)11-26-29(22(17)31)20-6-4-5-19(18(20)13-30)28-12-15(10-24)21(25)27-28/h4-9,11-13H,1-3H3,(H2,25,27). The Morgan fingerprint density at radius 2 is 1.90 bits per heavy atom. The summed E-state index contributed by atoms with van der Waals surface area (Å²) in [6, 6.07) is 12.6. The highest BCUT2D eigenvalue weighted by molar-refractivity contribution is 5.87. The van der Waals surface area contributed by atoms with Gasteiger partial charge >= 0.3 is 0 Å². The molecule has 2 aromatic carbocycles. The highest BCUT2D eigenvalue weighted by atomic mass is 16.1. The van der Waals surface area contributed by atoms with Crippen LogP contribution >= 0.6 is 0 Å². The molecule has 8 heteroatoms. The van der Waals surface area contributed by atoms with E-state index in [0.29, 0.717) is 23.0 Å². The first kappa shape index (κ1) is 20.0. The smallest absolute Gasteiger partial charge is 0.279 e. The summed E-state index contributed by atoms with van der Waals surface area (Å²) in [6.45, 7) is 6.30. The Morgan fingerprint density at radius 1 is 1.16 bits per heavy atom. The van der Waals surface area contributed by atoms with Crippen molar-refractivity contribution in [1.82, 2.24) is 19.6 Å². The van der Waals surface area contributed by atoms with Crippen molar-refractivity contribution in [3.05, 3.63) is 75.8 Å². The zero-order valence-corrected chi connectivity index (χ0v) is 17.3. The Labute approximate surface area is 178 Å². The summed E-state index contributed by atoms with van der Waals surface area (Å²) in [5, 5.41) is 18.8. The zero-order chi connectivity index (χ0) is 22.3. The van der Waals surface area contributed by atoms with Crippen molar-refractivity contribution in [2.24, 2.45) is 0 Å². The van der Waals surface area contributed by atoms with Crippen LogP contribution < -0.4 is 11.3 Å². The monoisotopic (exact) mass is 412 g/mol. The van der Waals surface area contributed by atoms with Crippen molar-refractivity contribution in [1.29, 1.82) is 5.26 Å². The zero-order valence-electron chi connectivity index (χ0n) is 17.3. The molecule has 2 heterocycles. The molecule has 0 spiro atoms. The number of nitrogens with two attached hydrogens (primary N) is 1. The van der Waals surface area contributed by atoms with Crippen LogP contribution in [0.5, 0.6) is 0 Å². The van der Waals surface area contributed by atoms with Crippen LogP contribution in [-0.4, -0.2) is 25.8 Å². The summed E-state index contributed by atoms with van der Waals surface area (Å²) in [5.74, 6) is 0.0559. The van der Waals surface area contributed by atoms with Gasteiger partial charge in [-0.3, -0.25) is 9.59 Å². The topological polar surface area (TPSA) is 120 Å². The van der Waals surface area contributed by atoms with Gasteiger partial charge in [-0.15, -0.1) is 5.10 Å². The molecule has 0 bridgehead atoms. The van der Waals surface area contributed by atoms with Crippen LogP contribution in [0.2, 0.25) is 0 Å². The van der Waals surface area contributed by atoms with Gasteiger partial charge in [0.1, 0.15) is 11.6 Å². The number of benzene rings is 2. The Hall–Kier alpha value is -4.25. The van der Waals surface area contributed by atoms with E-state index in [1.165, 1.54) is 15.6 Å². The van der Waals surface area contributed by atoms with Gasteiger partial charge in [0.15, 0.2) is 12.1 Å². The molecule has 8 nitrogen and oxygen atoms in total. The summed E-state index contributed by atoms with van der Waals surface area (Å²) in [5.41, 5.74) is 7.54. The van der Waals surface area contributed by atoms with Crippen LogP contribution in [0.3, 0.4) is 0 Å². The van der Waals surface area contributed by atoms with Crippen LogP contribution in [0.1, 0.15) is 42.3 Å². The number of nitriles is 1. The second-order valence-electron chi connectivity index (χ2n) is 8.23. The summed E-state index contributed by atoms with van der Waals surface area (Å²) >= 11 is 0. The summed E-state index contributed by atoms with van der Waals surface area (Å²) in [7, 11) is 0. The maximum atomic E-state index is 13.2. The number of nitrogens with zero attached hydrogens (tertiary/aromatic N) is 5. The lowest BCUT2D eigenvalue weighted by Gasteiger charge is -2.19. The maximum Gasteiger partial charge on any atom is 0.279 e. The molecule has 0 unspecified atom stereocenters. The van der Waals surface area contributed by atoms with Crippen molar-refractivity contribution in [3.63, 3.8) is 0 Å². The second-order valence-corrected chi connectivity index (χ2v) is 8.23. The van der Waals surface area contributed by atoms with E-state index in [4.69, 9.17) is 11.0 Å². The van der Waals surface area contributed by atoms with Crippen molar-refractivity contribution < 1.29 is 4.79 Å². The molecule has 2 N–H and O–H groups in total. The van der Waals surface area contributed by atoms with Gasteiger partial charge < -0.3 is 5.73 Å². The fourth-order valence-corrected chi connectivity index (χ4v) is 3.43. The van der Waals surface area contributed by atoms with Gasteiger partial charge in [-0.2, -0.15) is 15.0 Å². The van der Waals surface area contributed by atoms with Gasteiger partial charge in [0.05, 0.1) is 34.7 Å². The van der Waals surface area contributed by atoms with Gasteiger partial charge in [0, 0.05) is 5.39 Å². The fraction of sp³-hybridized carbons (Fsp3) is 0.174. The normalized spacial score (nSPS) is 11.4. The Kier molecular flexibility index (Phi) is 4.67. The molecule has 0 saturated carbocycles. The van der Waals surface area contributed by atoms with E-state index in [9.17, 15) is 9.59 Å². The molecule has 0 aliphatic rings.